The van der Waals surface area contributed by atoms with Gasteiger partial charge in [-0.25, -0.2) is 8.78 Å². The van der Waals surface area contributed by atoms with E-state index in [0.717, 1.165) is 12.1 Å². The number of nitrogens with zero attached hydrogens (tertiary/aromatic N) is 1. The summed E-state index contributed by atoms with van der Waals surface area (Å²) in [7, 11) is 0. The van der Waals surface area contributed by atoms with Crippen LogP contribution >= 0.6 is 0 Å². The Morgan fingerprint density at radius 3 is 2.26 bits per heavy atom. The molecule has 1 atom stereocenters. The number of hydrogen-bond acceptors (Lipinski definition) is 2. The second-order valence-electron chi connectivity index (χ2n) is 4.76. The molecule has 0 radical (unpaired) electrons. The van der Waals surface area contributed by atoms with Crippen LogP contribution in [0, 0.1) is 23.5 Å². The van der Waals surface area contributed by atoms with Crippen molar-refractivity contribution in [3.05, 3.63) is 35.4 Å². The molecule has 1 aliphatic rings. The number of carboxylic acids is 1. The molecule has 1 heterocycles. The zero-order valence-electron chi connectivity index (χ0n) is 10.3. The van der Waals surface area contributed by atoms with Gasteiger partial charge in [-0.3, -0.25) is 9.59 Å². The third kappa shape index (κ3) is 2.72. The van der Waals surface area contributed by atoms with Gasteiger partial charge in [0.1, 0.15) is 11.6 Å². The molecule has 0 aliphatic carbocycles. The summed E-state index contributed by atoms with van der Waals surface area (Å²) in [5.74, 6) is -3.65. The normalized spacial score (nSPS) is 16.9. The molecular weight excluding hydrogens is 256 g/mol. The van der Waals surface area contributed by atoms with E-state index in [0.29, 0.717) is 19.2 Å². The van der Waals surface area contributed by atoms with Gasteiger partial charge in [-0.1, -0.05) is 6.92 Å². The van der Waals surface area contributed by atoms with Gasteiger partial charge in [0.25, 0.3) is 5.91 Å². The summed E-state index contributed by atoms with van der Waals surface area (Å²) in [6.07, 6.45) is 0. The Labute approximate surface area is 108 Å². The van der Waals surface area contributed by atoms with Crippen LogP contribution in [0.3, 0.4) is 0 Å². The number of aliphatic carboxylic acids is 1. The van der Waals surface area contributed by atoms with E-state index in [-0.39, 0.29) is 11.5 Å². The maximum Gasteiger partial charge on any atom is 0.306 e. The summed E-state index contributed by atoms with van der Waals surface area (Å²) in [5.41, 5.74) is -0.0565. The lowest BCUT2D eigenvalue weighted by Crippen LogP contribution is -2.53. The van der Waals surface area contributed by atoms with E-state index < -0.39 is 29.4 Å². The number of halogens is 2. The predicted molar refractivity (Wildman–Crippen MR) is 62.6 cm³/mol. The molecule has 19 heavy (non-hydrogen) atoms. The second-order valence-corrected chi connectivity index (χ2v) is 4.76. The summed E-state index contributed by atoms with van der Waals surface area (Å²) in [5, 5.41) is 8.83. The topological polar surface area (TPSA) is 57.6 Å². The van der Waals surface area contributed by atoms with Gasteiger partial charge in [0, 0.05) is 30.6 Å². The SMILES string of the molecule is CC(C(=O)O)C1CN(C(=O)c2cc(F)cc(F)c2)C1. The predicted octanol–water partition coefficient (Wildman–Crippen LogP) is 1.76. The van der Waals surface area contributed by atoms with E-state index >= 15 is 0 Å². The summed E-state index contributed by atoms with van der Waals surface area (Å²) < 4.78 is 26.0. The van der Waals surface area contributed by atoms with Gasteiger partial charge in [0.05, 0.1) is 5.92 Å². The zero-order valence-corrected chi connectivity index (χ0v) is 10.3. The van der Waals surface area contributed by atoms with Gasteiger partial charge in [0.2, 0.25) is 0 Å². The first kappa shape index (κ1) is 13.5. The van der Waals surface area contributed by atoms with Crippen LogP contribution < -0.4 is 0 Å². The Hall–Kier alpha value is -1.98. The summed E-state index contributed by atoms with van der Waals surface area (Å²) in [6.45, 7) is 2.17. The lowest BCUT2D eigenvalue weighted by Gasteiger charge is -2.41. The molecule has 1 saturated heterocycles. The van der Waals surface area contributed by atoms with Gasteiger partial charge in [-0.15, -0.1) is 0 Å². The van der Waals surface area contributed by atoms with Crippen molar-refractivity contribution in [3.8, 4) is 0 Å². The van der Waals surface area contributed by atoms with Crippen LogP contribution in [0.4, 0.5) is 8.78 Å². The molecule has 0 aromatic heterocycles. The average molecular weight is 269 g/mol. The van der Waals surface area contributed by atoms with E-state index in [4.69, 9.17) is 5.11 Å². The first-order valence-electron chi connectivity index (χ1n) is 5.86. The Morgan fingerprint density at radius 2 is 1.79 bits per heavy atom. The van der Waals surface area contributed by atoms with Crippen molar-refractivity contribution < 1.29 is 23.5 Å². The molecule has 1 aromatic rings. The molecule has 0 spiro atoms. The monoisotopic (exact) mass is 269 g/mol. The first-order chi connectivity index (χ1) is 8.88. The largest absolute Gasteiger partial charge is 0.481 e. The standard InChI is InChI=1S/C13H13F2NO3/c1-7(13(18)19)9-5-16(6-9)12(17)8-2-10(14)4-11(15)3-8/h2-4,7,9H,5-6H2,1H3,(H,18,19). The van der Waals surface area contributed by atoms with E-state index in [1.54, 1.807) is 6.92 Å². The number of rotatable bonds is 3. The van der Waals surface area contributed by atoms with Crippen LogP contribution in [-0.2, 0) is 4.79 Å². The fourth-order valence-corrected chi connectivity index (χ4v) is 2.06. The second kappa shape index (κ2) is 4.95. The maximum atomic E-state index is 13.0. The molecule has 4 nitrogen and oxygen atoms in total. The molecule has 1 N–H and O–H groups in total. The maximum absolute atomic E-state index is 13.0. The lowest BCUT2D eigenvalue weighted by molar-refractivity contribution is -0.144. The fraction of sp³-hybridized carbons (Fsp3) is 0.385. The third-order valence-electron chi connectivity index (χ3n) is 3.40. The molecule has 0 saturated carbocycles. The van der Waals surface area contributed by atoms with Crippen LogP contribution in [0.1, 0.15) is 17.3 Å². The van der Waals surface area contributed by atoms with Crippen molar-refractivity contribution in [3.63, 3.8) is 0 Å². The van der Waals surface area contributed by atoms with Gasteiger partial charge in [0.15, 0.2) is 0 Å². The van der Waals surface area contributed by atoms with Gasteiger partial charge in [-0.05, 0) is 12.1 Å². The summed E-state index contributed by atoms with van der Waals surface area (Å²) in [4.78, 5) is 24.1. The molecule has 1 amide bonds. The highest BCUT2D eigenvalue weighted by molar-refractivity contribution is 5.94. The fourth-order valence-electron chi connectivity index (χ4n) is 2.06. The van der Waals surface area contributed by atoms with Crippen molar-refractivity contribution in [2.45, 2.75) is 6.92 Å². The van der Waals surface area contributed by atoms with Crippen LogP contribution in [-0.4, -0.2) is 35.0 Å². The molecule has 1 unspecified atom stereocenters. The third-order valence-corrected chi connectivity index (χ3v) is 3.40. The zero-order chi connectivity index (χ0) is 14.2. The molecular formula is C13H13F2NO3. The molecule has 2 rings (SSSR count). The molecule has 1 aromatic carbocycles. The van der Waals surface area contributed by atoms with Crippen LogP contribution in [0.5, 0.6) is 0 Å². The van der Waals surface area contributed by atoms with Crippen LogP contribution in [0.25, 0.3) is 0 Å². The van der Waals surface area contributed by atoms with Crippen molar-refractivity contribution >= 4 is 11.9 Å². The summed E-state index contributed by atoms with van der Waals surface area (Å²) >= 11 is 0. The van der Waals surface area contributed by atoms with Crippen molar-refractivity contribution in [2.75, 3.05) is 13.1 Å². The van der Waals surface area contributed by atoms with Crippen LogP contribution in [0.15, 0.2) is 18.2 Å². The number of likely N-dealkylation sites (tertiary alicyclic amines) is 1. The molecule has 6 heteroatoms. The van der Waals surface area contributed by atoms with E-state index in [9.17, 15) is 18.4 Å². The van der Waals surface area contributed by atoms with E-state index in [1.807, 2.05) is 0 Å². The number of hydrogen-bond donors (Lipinski definition) is 1. The molecule has 1 aliphatic heterocycles. The van der Waals surface area contributed by atoms with Gasteiger partial charge in [-0.2, -0.15) is 0 Å². The van der Waals surface area contributed by atoms with Crippen molar-refractivity contribution in [2.24, 2.45) is 11.8 Å². The molecule has 102 valence electrons. The quantitative estimate of drug-likeness (QED) is 0.909. The average Bonchev–Trinajstić information content (AvgIpc) is 2.25. The number of benzene rings is 1. The first-order valence-corrected chi connectivity index (χ1v) is 5.86. The Bertz CT molecular complexity index is 506. The smallest absolute Gasteiger partial charge is 0.306 e. The highest BCUT2D eigenvalue weighted by Gasteiger charge is 2.37. The molecule has 0 bridgehead atoms. The van der Waals surface area contributed by atoms with Crippen LogP contribution in [0.2, 0.25) is 0 Å². The highest BCUT2D eigenvalue weighted by atomic mass is 19.1. The minimum atomic E-state index is -0.908. The Kier molecular flexibility index (Phi) is 3.50. The number of carbonyl (C=O) groups is 2. The minimum absolute atomic E-state index is 0.0565. The van der Waals surface area contributed by atoms with Gasteiger partial charge >= 0.3 is 5.97 Å². The number of carboxylic acid groups (broad SMARTS) is 1. The highest BCUT2D eigenvalue weighted by Crippen LogP contribution is 2.26. The molecule has 1 fully saturated rings. The summed E-state index contributed by atoms with van der Waals surface area (Å²) in [6, 6.07) is 2.64. The number of carbonyl (C=O) groups excluding carboxylic acids is 1. The minimum Gasteiger partial charge on any atom is -0.481 e. The van der Waals surface area contributed by atoms with Crippen molar-refractivity contribution in [1.29, 1.82) is 0 Å². The Morgan fingerprint density at radius 1 is 1.26 bits per heavy atom. The Balaban J connectivity index is 2.02. The van der Waals surface area contributed by atoms with E-state index in [2.05, 4.69) is 0 Å². The van der Waals surface area contributed by atoms with Gasteiger partial charge < -0.3 is 10.0 Å². The van der Waals surface area contributed by atoms with E-state index in [1.165, 1.54) is 4.90 Å². The lowest BCUT2D eigenvalue weighted by atomic mass is 9.86. The number of amides is 1. The van der Waals surface area contributed by atoms with Crippen molar-refractivity contribution in [1.82, 2.24) is 4.90 Å².